The standard InChI is InChI=1S/C16H22N2O2/c1-4-17-14(13-8-6-5-7-11(13)2)10-18-15(19)9-12(3)16(18)20/h5-8,12,14,17H,4,9-10H2,1-3H3. The predicted octanol–water partition coefficient (Wildman–Crippen LogP) is 2.04. The van der Waals surface area contributed by atoms with Gasteiger partial charge in [0.25, 0.3) is 0 Å². The molecule has 4 nitrogen and oxygen atoms in total. The maximum atomic E-state index is 12.0. The van der Waals surface area contributed by atoms with Gasteiger partial charge in [0.2, 0.25) is 11.8 Å². The molecule has 1 heterocycles. The Balaban J connectivity index is 2.20. The van der Waals surface area contributed by atoms with Crippen LogP contribution in [0.3, 0.4) is 0 Å². The average molecular weight is 274 g/mol. The van der Waals surface area contributed by atoms with E-state index in [0.29, 0.717) is 13.0 Å². The molecule has 1 fully saturated rings. The largest absolute Gasteiger partial charge is 0.309 e. The van der Waals surface area contributed by atoms with Gasteiger partial charge < -0.3 is 5.32 Å². The van der Waals surface area contributed by atoms with Crippen molar-refractivity contribution < 1.29 is 9.59 Å². The fraction of sp³-hybridized carbons (Fsp3) is 0.500. The Labute approximate surface area is 120 Å². The molecule has 0 aliphatic carbocycles. The Morgan fingerprint density at radius 3 is 2.60 bits per heavy atom. The van der Waals surface area contributed by atoms with Gasteiger partial charge in [-0.1, -0.05) is 38.1 Å². The number of amides is 2. The number of rotatable bonds is 5. The lowest BCUT2D eigenvalue weighted by atomic mass is 10.0. The molecule has 0 radical (unpaired) electrons. The molecule has 2 unspecified atom stereocenters. The first kappa shape index (κ1) is 14.7. The zero-order valence-corrected chi connectivity index (χ0v) is 12.3. The molecule has 1 aromatic carbocycles. The van der Waals surface area contributed by atoms with E-state index in [4.69, 9.17) is 0 Å². The van der Waals surface area contributed by atoms with Crippen molar-refractivity contribution in [3.8, 4) is 0 Å². The predicted molar refractivity (Wildman–Crippen MR) is 78.1 cm³/mol. The topological polar surface area (TPSA) is 49.4 Å². The Morgan fingerprint density at radius 2 is 2.05 bits per heavy atom. The number of benzene rings is 1. The third kappa shape index (κ3) is 2.90. The van der Waals surface area contributed by atoms with E-state index < -0.39 is 0 Å². The van der Waals surface area contributed by atoms with Crippen molar-refractivity contribution in [2.24, 2.45) is 5.92 Å². The molecular weight excluding hydrogens is 252 g/mol. The molecule has 1 saturated heterocycles. The molecule has 108 valence electrons. The smallest absolute Gasteiger partial charge is 0.232 e. The van der Waals surface area contributed by atoms with Crippen LogP contribution in [-0.4, -0.2) is 29.8 Å². The van der Waals surface area contributed by atoms with E-state index in [2.05, 4.69) is 24.4 Å². The Bertz CT molecular complexity index is 513. The summed E-state index contributed by atoms with van der Waals surface area (Å²) in [6, 6.07) is 8.09. The van der Waals surface area contributed by atoms with Gasteiger partial charge in [-0.05, 0) is 24.6 Å². The van der Waals surface area contributed by atoms with Crippen molar-refractivity contribution in [2.45, 2.75) is 33.2 Å². The molecule has 1 aromatic rings. The second-order valence-corrected chi connectivity index (χ2v) is 5.41. The lowest BCUT2D eigenvalue weighted by Gasteiger charge is -2.25. The van der Waals surface area contributed by atoms with Gasteiger partial charge in [0, 0.05) is 18.9 Å². The van der Waals surface area contributed by atoms with Gasteiger partial charge in [0.1, 0.15) is 0 Å². The quantitative estimate of drug-likeness (QED) is 0.836. The Morgan fingerprint density at radius 1 is 1.35 bits per heavy atom. The number of aryl methyl sites for hydroxylation is 1. The molecule has 1 aliphatic heterocycles. The van der Waals surface area contributed by atoms with E-state index in [0.717, 1.165) is 12.1 Å². The molecule has 0 aromatic heterocycles. The van der Waals surface area contributed by atoms with Gasteiger partial charge >= 0.3 is 0 Å². The van der Waals surface area contributed by atoms with E-state index >= 15 is 0 Å². The summed E-state index contributed by atoms with van der Waals surface area (Å²) in [4.78, 5) is 25.4. The highest BCUT2D eigenvalue weighted by Crippen LogP contribution is 2.24. The number of likely N-dealkylation sites (tertiary alicyclic amines) is 1. The van der Waals surface area contributed by atoms with Crippen LogP contribution in [0.4, 0.5) is 0 Å². The van der Waals surface area contributed by atoms with Crippen LogP contribution in [0.5, 0.6) is 0 Å². The first-order chi connectivity index (χ1) is 9.54. The molecule has 2 amide bonds. The minimum atomic E-state index is -0.179. The Kier molecular flexibility index (Phi) is 4.55. The molecule has 1 N–H and O–H groups in total. The number of carbonyl (C=O) groups is 2. The number of carbonyl (C=O) groups excluding carboxylic acids is 2. The Hall–Kier alpha value is -1.68. The van der Waals surface area contributed by atoms with Crippen LogP contribution in [0.2, 0.25) is 0 Å². The zero-order valence-electron chi connectivity index (χ0n) is 12.3. The second kappa shape index (κ2) is 6.18. The SMILES string of the molecule is CCNC(CN1C(=O)CC(C)C1=O)c1ccccc1C. The van der Waals surface area contributed by atoms with Crippen molar-refractivity contribution in [3.63, 3.8) is 0 Å². The summed E-state index contributed by atoms with van der Waals surface area (Å²) < 4.78 is 0. The third-order valence-electron chi connectivity index (χ3n) is 3.85. The van der Waals surface area contributed by atoms with E-state index in [1.54, 1.807) is 0 Å². The van der Waals surface area contributed by atoms with Gasteiger partial charge in [-0.25, -0.2) is 0 Å². The molecule has 20 heavy (non-hydrogen) atoms. The maximum Gasteiger partial charge on any atom is 0.232 e. The first-order valence-electron chi connectivity index (χ1n) is 7.17. The lowest BCUT2D eigenvalue weighted by molar-refractivity contribution is -0.139. The monoisotopic (exact) mass is 274 g/mol. The van der Waals surface area contributed by atoms with Crippen LogP contribution in [-0.2, 0) is 9.59 Å². The minimum Gasteiger partial charge on any atom is -0.309 e. The maximum absolute atomic E-state index is 12.0. The van der Waals surface area contributed by atoms with Crippen molar-refractivity contribution in [2.75, 3.05) is 13.1 Å². The van der Waals surface area contributed by atoms with Crippen LogP contribution in [0.25, 0.3) is 0 Å². The van der Waals surface area contributed by atoms with E-state index in [9.17, 15) is 9.59 Å². The summed E-state index contributed by atoms with van der Waals surface area (Å²) in [7, 11) is 0. The summed E-state index contributed by atoms with van der Waals surface area (Å²) in [5.41, 5.74) is 2.32. The van der Waals surface area contributed by atoms with Gasteiger partial charge in [-0.3, -0.25) is 14.5 Å². The molecular formula is C16H22N2O2. The summed E-state index contributed by atoms with van der Waals surface area (Å²) in [5.74, 6) is -0.285. The van der Waals surface area contributed by atoms with Crippen molar-refractivity contribution in [1.82, 2.24) is 10.2 Å². The van der Waals surface area contributed by atoms with Gasteiger partial charge in [-0.2, -0.15) is 0 Å². The number of hydrogen-bond acceptors (Lipinski definition) is 3. The zero-order chi connectivity index (χ0) is 14.7. The van der Waals surface area contributed by atoms with Crippen molar-refractivity contribution >= 4 is 11.8 Å². The highest BCUT2D eigenvalue weighted by Gasteiger charge is 2.36. The second-order valence-electron chi connectivity index (χ2n) is 5.41. The fourth-order valence-corrected chi connectivity index (χ4v) is 2.72. The van der Waals surface area contributed by atoms with Gasteiger partial charge in [0.05, 0.1) is 6.04 Å². The third-order valence-corrected chi connectivity index (χ3v) is 3.85. The number of hydrogen-bond donors (Lipinski definition) is 1. The first-order valence-corrected chi connectivity index (χ1v) is 7.17. The van der Waals surface area contributed by atoms with Crippen molar-refractivity contribution in [1.29, 1.82) is 0 Å². The molecule has 0 bridgehead atoms. The molecule has 0 spiro atoms. The normalized spacial score (nSPS) is 20.6. The summed E-state index contributed by atoms with van der Waals surface area (Å²) in [6.45, 7) is 7.11. The molecule has 2 rings (SSSR count). The fourth-order valence-electron chi connectivity index (χ4n) is 2.72. The van der Waals surface area contributed by atoms with Gasteiger partial charge in [-0.15, -0.1) is 0 Å². The number of imide groups is 1. The minimum absolute atomic E-state index is 0.000556. The van der Waals surface area contributed by atoms with Gasteiger partial charge in [0.15, 0.2) is 0 Å². The van der Waals surface area contributed by atoms with Crippen LogP contribution in [0.1, 0.15) is 37.4 Å². The number of likely N-dealkylation sites (N-methyl/N-ethyl adjacent to an activating group) is 1. The summed E-state index contributed by atoms with van der Waals surface area (Å²) in [6.07, 6.45) is 0.339. The van der Waals surface area contributed by atoms with Crippen LogP contribution < -0.4 is 5.32 Å². The molecule has 4 heteroatoms. The van der Waals surface area contributed by atoms with Crippen LogP contribution in [0.15, 0.2) is 24.3 Å². The van der Waals surface area contributed by atoms with E-state index in [1.807, 2.05) is 26.0 Å². The molecule has 2 atom stereocenters. The highest BCUT2D eigenvalue weighted by molar-refractivity contribution is 6.03. The molecule has 1 aliphatic rings. The number of nitrogens with one attached hydrogen (secondary N) is 1. The average Bonchev–Trinajstić information content (AvgIpc) is 2.65. The number of nitrogens with zero attached hydrogens (tertiary/aromatic N) is 1. The highest BCUT2D eigenvalue weighted by atomic mass is 16.2. The van der Waals surface area contributed by atoms with Crippen LogP contribution in [0, 0.1) is 12.8 Å². The van der Waals surface area contributed by atoms with Crippen LogP contribution >= 0.6 is 0 Å². The summed E-state index contributed by atoms with van der Waals surface area (Å²) in [5, 5.41) is 3.38. The van der Waals surface area contributed by atoms with E-state index in [1.165, 1.54) is 10.5 Å². The molecule has 0 saturated carbocycles. The van der Waals surface area contributed by atoms with E-state index in [-0.39, 0.29) is 23.8 Å². The summed E-state index contributed by atoms with van der Waals surface area (Å²) >= 11 is 0. The van der Waals surface area contributed by atoms with Crippen molar-refractivity contribution in [3.05, 3.63) is 35.4 Å². The lowest BCUT2D eigenvalue weighted by Crippen LogP contribution is -2.39.